The van der Waals surface area contributed by atoms with Crippen molar-refractivity contribution in [1.29, 1.82) is 0 Å². The molecule has 25 heavy (non-hydrogen) atoms. The molecule has 1 aliphatic heterocycles. The Bertz CT molecular complexity index is 777. The predicted octanol–water partition coefficient (Wildman–Crippen LogP) is 4.60. The summed E-state index contributed by atoms with van der Waals surface area (Å²) in [5.74, 6) is 1.21. The predicted molar refractivity (Wildman–Crippen MR) is 93.5 cm³/mol. The molecule has 0 aromatic carbocycles. The number of hydrogen-bond acceptors (Lipinski definition) is 5. The van der Waals surface area contributed by atoms with Crippen molar-refractivity contribution in [3.63, 3.8) is 0 Å². The molecule has 5 heteroatoms. The summed E-state index contributed by atoms with van der Waals surface area (Å²) in [7, 11) is 0. The highest BCUT2D eigenvalue weighted by atomic mass is 16.5. The lowest BCUT2D eigenvalue weighted by atomic mass is 9.86. The van der Waals surface area contributed by atoms with Gasteiger partial charge in [0.15, 0.2) is 0 Å². The van der Waals surface area contributed by atoms with Gasteiger partial charge in [-0.1, -0.05) is 20.3 Å². The quantitative estimate of drug-likeness (QED) is 0.794. The van der Waals surface area contributed by atoms with Crippen LogP contribution < -0.4 is 5.63 Å². The van der Waals surface area contributed by atoms with Crippen LogP contribution in [0.1, 0.15) is 62.5 Å². The minimum atomic E-state index is -0.819. The summed E-state index contributed by atoms with van der Waals surface area (Å²) in [5.41, 5.74) is -1.12. The number of hydrogen-bond donors (Lipinski definition) is 1. The molecule has 0 saturated heterocycles. The fourth-order valence-corrected chi connectivity index (χ4v) is 3.55. The fourth-order valence-electron chi connectivity index (χ4n) is 3.55. The van der Waals surface area contributed by atoms with E-state index in [1.54, 1.807) is 18.6 Å². The maximum atomic E-state index is 12.7. The third kappa shape index (κ3) is 3.36. The van der Waals surface area contributed by atoms with Crippen molar-refractivity contribution in [2.45, 2.75) is 57.5 Å². The SMILES string of the molecule is CCCC1(c2c(O)cc(C(CC)Cc3ccco3)oc2=O)CC=CO1. The number of furan rings is 1. The van der Waals surface area contributed by atoms with Crippen LogP contribution in [0, 0.1) is 0 Å². The average molecular weight is 344 g/mol. The Labute approximate surface area is 146 Å². The van der Waals surface area contributed by atoms with Crippen molar-refractivity contribution in [2.75, 3.05) is 0 Å². The molecule has 2 aromatic rings. The number of aromatic hydroxyl groups is 1. The molecule has 0 aliphatic carbocycles. The van der Waals surface area contributed by atoms with Crippen LogP contribution in [0.4, 0.5) is 0 Å². The highest BCUT2D eigenvalue weighted by Gasteiger charge is 2.40. The molecule has 1 N–H and O–H groups in total. The summed E-state index contributed by atoms with van der Waals surface area (Å²) >= 11 is 0. The van der Waals surface area contributed by atoms with Gasteiger partial charge in [0.05, 0.1) is 12.5 Å². The topological polar surface area (TPSA) is 72.8 Å². The third-order valence-corrected chi connectivity index (χ3v) is 4.82. The Morgan fingerprint density at radius 3 is 2.76 bits per heavy atom. The minimum Gasteiger partial charge on any atom is -0.507 e. The zero-order chi connectivity index (χ0) is 17.9. The molecule has 0 radical (unpaired) electrons. The summed E-state index contributed by atoms with van der Waals surface area (Å²) in [4.78, 5) is 12.7. The van der Waals surface area contributed by atoms with Gasteiger partial charge in [0.1, 0.15) is 28.4 Å². The van der Waals surface area contributed by atoms with E-state index in [1.807, 2.05) is 32.1 Å². The van der Waals surface area contributed by atoms with Gasteiger partial charge in [-0.3, -0.25) is 0 Å². The fraction of sp³-hybridized carbons (Fsp3) is 0.450. The molecule has 0 spiro atoms. The van der Waals surface area contributed by atoms with Crippen LogP contribution in [0.3, 0.4) is 0 Å². The van der Waals surface area contributed by atoms with Crippen molar-refractivity contribution < 1.29 is 18.7 Å². The summed E-state index contributed by atoms with van der Waals surface area (Å²) in [6.07, 6.45) is 8.49. The average Bonchev–Trinajstić information content (AvgIpc) is 3.24. The highest BCUT2D eigenvalue weighted by molar-refractivity contribution is 5.37. The van der Waals surface area contributed by atoms with Gasteiger partial charge in [0.25, 0.3) is 0 Å². The van der Waals surface area contributed by atoms with Gasteiger partial charge in [-0.25, -0.2) is 4.79 Å². The van der Waals surface area contributed by atoms with Gasteiger partial charge in [-0.05, 0) is 31.1 Å². The molecule has 134 valence electrons. The molecule has 0 fully saturated rings. The van der Waals surface area contributed by atoms with E-state index in [9.17, 15) is 9.90 Å². The largest absolute Gasteiger partial charge is 0.507 e. The lowest BCUT2D eigenvalue weighted by Crippen LogP contribution is -2.31. The van der Waals surface area contributed by atoms with Gasteiger partial charge in [0, 0.05) is 24.8 Å². The van der Waals surface area contributed by atoms with Crippen molar-refractivity contribution in [1.82, 2.24) is 0 Å². The minimum absolute atomic E-state index is 0.0384. The second-order valence-electron chi connectivity index (χ2n) is 6.52. The zero-order valence-electron chi connectivity index (χ0n) is 14.7. The normalized spacial score (nSPS) is 20.6. The number of rotatable bonds is 7. The molecule has 1 aliphatic rings. The van der Waals surface area contributed by atoms with Gasteiger partial charge in [-0.2, -0.15) is 0 Å². The Hall–Kier alpha value is -2.43. The first-order valence-corrected chi connectivity index (χ1v) is 8.82. The standard InChI is InChI=1S/C20H24O5/c1-3-8-20(9-6-11-24-20)18-16(21)13-17(25-19(18)22)14(4-2)12-15-7-5-10-23-15/h5-7,10-11,13-14,21H,3-4,8-9,12H2,1-2H3. The molecule has 2 unspecified atom stereocenters. The van der Waals surface area contributed by atoms with E-state index in [0.717, 1.165) is 18.6 Å². The van der Waals surface area contributed by atoms with E-state index in [4.69, 9.17) is 13.6 Å². The van der Waals surface area contributed by atoms with Crippen LogP contribution in [0.15, 0.2) is 50.4 Å². The molecular weight excluding hydrogens is 320 g/mol. The van der Waals surface area contributed by atoms with Crippen molar-refractivity contribution in [3.05, 3.63) is 64.3 Å². The van der Waals surface area contributed by atoms with Gasteiger partial charge in [0.2, 0.25) is 0 Å². The first-order valence-electron chi connectivity index (χ1n) is 8.82. The Kier molecular flexibility index (Phi) is 5.02. The summed E-state index contributed by atoms with van der Waals surface area (Å²) in [6, 6.07) is 5.29. The first-order chi connectivity index (χ1) is 12.1. The van der Waals surface area contributed by atoms with Crippen molar-refractivity contribution in [2.24, 2.45) is 0 Å². The van der Waals surface area contributed by atoms with Gasteiger partial charge < -0.3 is 18.7 Å². The lowest BCUT2D eigenvalue weighted by Gasteiger charge is -2.28. The molecule has 0 amide bonds. The second kappa shape index (κ2) is 7.21. The van der Waals surface area contributed by atoms with E-state index >= 15 is 0 Å². The van der Waals surface area contributed by atoms with Gasteiger partial charge in [-0.15, -0.1) is 0 Å². The smallest absolute Gasteiger partial charge is 0.347 e. The first kappa shape index (κ1) is 17.4. The van der Waals surface area contributed by atoms with Crippen LogP contribution in [0.5, 0.6) is 5.75 Å². The van der Waals surface area contributed by atoms with Gasteiger partial charge >= 0.3 is 5.63 Å². The molecule has 3 rings (SSSR count). The molecule has 3 heterocycles. The molecular formula is C20H24O5. The second-order valence-corrected chi connectivity index (χ2v) is 6.52. The Balaban J connectivity index is 1.95. The van der Waals surface area contributed by atoms with E-state index in [2.05, 4.69) is 0 Å². The van der Waals surface area contributed by atoms with E-state index in [-0.39, 0.29) is 17.2 Å². The maximum Gasteiger partial charge on any atom is 0.347 e. The summed E-state index contributed by atoms with van der Waals surface area (Å²) in [5, 5.41) is 10.6. The van der Waals surface area contributed by atoms with Crippen LogP contribution in [-0.2, 0) is 16.8 Å². The summed E-state index contributed by atoms with van der Waals surface area (Å²) in [6.45, 7) is 4.04. The van der Waals surface area contributed by atoms with Crippen molar-refractivity contribution in [3.8, 4) is 5.75 Å². The van der Waals surface area contributed by atoms with E-state index in [0.29, 0.717) is 25.0 Å². The monoisotopic (exact) mass is 344 g/mol. The Morgan fingerprint density at radius 1 is 1.36 bits per heavy atom. The molecule has 2 aromatic heterocycles. The zero-order valence-corrected chi connectivity index (χ0v) is 14.7. The van der Waals surface area contributed by atoms with Crippen LogP contribution in [0.25, 0.3) is 0 Å². The van der Waals surface area contributed by atoms with E-state index < -0.39 is 11.2 Å². The van der Waals surface area contributed by atoms with Crippen molar-refractivity contribution >= 4 is 0 Å². The Morgan fingerprint density at radius 2 is 2.20 bits per heavy atom. The molecule has 0 saturated carbocycles. The molecule has 5 nitrogen and oxygen atoms in total. The van der Waals surface area contributed by atoms with Crippen LogP contribution >= 0.6 is 0 Å². The van der Waals surface area contributed by atoms with E-state index in [1.165, 1.54) is 0 Å². The third-order valence-electron chi connectivity index (χ3n) is 4.82. The maximum absolute atomic E-state index is 12.7. The highest BCUT2D eigenvalue weighted by Crippen LogP contribution is 2.42. The van der Waals surface area contributed by atoms with Crippen LogP contribution in [0.2, 0.25) is 0 Å². The summed E-state index contributed by atoms with van der Waals surface area (Å²) < 4.78 is 16.7. The molecule has 0 bridgehead atoms. The number of ether oxygens (including phenoxy) is 1. The molecule has 2 atom stereocenters. The lowest BCUT2D eigenvalue weighted by molar-refractivity contribution is 0.0256. The van der Waals surface area contributed by atoms with Crippen LogP contribution in [-0.4, -0.2) is 5.11 Å².